The number of likely N-dealkylation sites (tertiary alicyclic amines) is 1. The number of hydrogen-bond acceptors (Lipinski definition) is 8. The van der Waals surface area contributed by atoms with Gasteiger partial charge in [-0.3, -0.25) is 4.90 Å². The van der Waals surface area contributed by atoms with Crippen LogP contribution in [-0.2, 0) is 13.0 Å². The maximum atomic E-state index is 14.5. The molecule has 4 heterocycles. The Kier molecular flexibility index (Phi) is 7.83. The number of alkyl halides is 2. The van der Waals surface area contributed by atoms with Crippen LogP contribution in [0.5, 0.6) is 6.01 Å². The van der Waals surface area contributed by atoms with Gasteiger partial charge in [-0.2, -0.15) is 15.2 Å². The van der Waals surface area contributed by atoms with Crippen molar-refractivity contribution >= 4 is 40.0 Å². The second-order valence-electron chi connectivity index (χ2n) is 11.1. The van der Waals surface area contributed by atoms with Gasteiger partial charge in [0.25, 0.3) is 5.92 Å². The van der Waals surface area contributed by atoms with E-state index in [0.29, 0.717) is 67.4 Å². The smallest absolute Gasteiger partial charge is 0.407 e. The molecule has 3 aliphatic heterocycles. The molecule has 10 nitrogen and oxygen atoms in total. The number of nitrogens with one attached hydrogen (secondary N) is 1. The zero-order chi connectivity index (χ0) is 30.3. The number of amides is 1. The van der Waals surface area contributed by atoms with Crippen LogP contribution in [0.4, 0.5) is 29.5 Å². The van der Waals surface area contributed by atoms with E-state index >= 15 is 0 Å². The van der Waals surface area contributed by atoms with Crippen LogP contribution in [0, 0.1) is 17.1 Å². The highest BCUT2D eigenvalue weighted by Gasteiger charge is 2.47. The van der Waals surface area contributed by atoms with Crippen molar-refractivity contribution < 1.29 is 27.8 Å². The first-order chi connectivity index (χ1) is 20.6. The summed E-state index contributed by atoms with van der Waals surface area (Å²) in [4.78, 5) is 25.7. The zero-order valence-corrected chi connectivity index (χ0v) is 23.8. The number of rotatable bonds is 6. The SMILES string of the molecule is N#CCC1CN(c2nc(OCC3CC(F)(F)CN3C(=O)O)nc3c2CCN(c2cccc4ccc(F)c(Cl)c24)C3)CCN1. The van der Waals surface area contributed by atoms with Crippen molar-refractivity contribution in [2.45, 2.75) is 43.8 Å². The molecular formula is C29H29ClF3N7O3. The molecule has 0 bridgehead atoms. The normalized spacial score (nSPS) is 21.5. The van der Waals surface area contributed by atoms with Gasteiger partial charge in [-0.15, -0.1) is 0 Å². The third-order valence-corrected chi connectivity index (χ3v) is 8.57. The number of anilines is 2. The number of benzene rings is 2. The fourth-order valence-corrected chi connectivity index (χ4v) is 6.45. The van der Waals surface area contributed by atoms with Crippen LogP contribution >= 0.6 is 11.6 Å². The minimum Gasteiger partial charge on any atom is -0.465 e. The maximum Gasteiger partial charge on any atom is 0.407 e. The molecule has 14 heteroatoms. The Balaban J connectivity index is 1.34. The predicted octanol–water partition coefficient (Wildman–Crippen LogP) is 4.44. The number of carboxylic acid groups (broad SMARTS) is 1. The monoisotopic (exact) mass is 615 g/mol. The summed E-state index contributed by atoms with van der Waals surface area (Å²) in [6.45, 7) is 1.46. The van der Waals surface area contributed by atoms with Gasteiger partial charge in [-0.25, -0.2) is 18.0 Å². The highest BCUT2D eigenvalue weighted by molar-refractivity contribution is 6.36. The van der Waals surface area contributed by atoms with E-state index in [1.54, 1.807) is 6.07 Å². The van der Waals surface area contributed by atoms with Gasteiger partial charge < -0.3 is 25.0 Å². The summed E-state index contributed by atoms with van der Waals surface area (Å²) >= 11 is 6.42. The fraction of sp³-hybridized carbons (Fsp3) is 0.448. The zero-order valence-electron chi connectivity index (χ0n) is 23.1. The van der Waals surface area contributed by atoms with Crippen LogP contribution in [0.2, 0.25) is 5.02 Å². The number of piperazine rings is 1. The lowest BCUT2D eigenvalue weighted by molar-refractivity contribution is 0.0124. The molecule has 3 aliphatic rings. The molecule has 0 spiro atoms. The summed E-state index contributed by atoms with van der Waals surface area (Å²) in [5.41, 5.74) is 2.30. The fourth-order valence-electron chi connectivity index (χ4n) is 6.18. The van der Waals surface area contributed by atoms with E-state index in [0.717, 1.165) is 16.6 Å². The van der Waals surface area contributed by atoms with Crippen molar-refractivity contribution in [2.24, 2.45) is 0 Å². The van der Waals surface area contributed by atoms with Gasteiger partial charge in [0.15, 0.2) is 0 Å². The second-order valence-corrected chi connectivity index (χ2v) is 11.4. The third-order valence-electron chi connectivity index (χ3n) is 8.20. The summed E-state index contributed by atoms with van der Waals surface area (Å²) in [6, 6.07) is 9.66. The third kappa shape index (κ3) is 5.81. The van der Waals surface area contributed by atoms with Gasteiger partial charge in [-0.1, -0.05) is 29.8 Å². The van der Waals surface area contributed by atoms with Crippen LogP contribution in [-0.4, -0.2) is 83.4 Å². The van der Waals surface area contributed by atoms with Crippen LogP contribution < -0.4 is 19.9 Å². The van der Waals surface area contributed by atoms with Crippen molar-refractivity contribution in [1.29, 1.82) is 5.26 Å². The van der Waals surface area contributed by atoms with Crippen molar-refractivity contribution in [3.05, 3.63) is 52.4 Å². The van der Waals surface area contributed by atoms with Gasteiger partial charge in [0.05, 0.1) is 42.3 Å². The Hall–Kier alpha value is -4.02. The summed E-state index contributed by atoms with van der Waals surface area (Å²) in [6.07, 6.45) is -1.22. The number of nitriles is 1. The van der Waals surface area contributed by atoms with Gasteiger partial charge in [0.1, 0.15) is 18.2 Å². The molecule has 3 aromatic rings. The Morgan fingerprint density at radius 1 is 1.23 bits per heavy atom. The van der Waals surface area contributed by atoms with Crippen molar-refractivity contribution in [3.63, 3.8) is 0 Å². The topological polar surface area (TPSA) is 118 Å². The number of nitrogens with zero attached hydrogens (tertiary/aromatic N) is 6. The van der Waals surface area contributed by atoms with Gasteiger partial charge in [-0.05, 0) is 23.9 Å². The van der Waals surface area contributed by atoms with E-state index in [1.165, 1.54) is 6.07 Å². The lowest BCUT2D eigenvalue weighted by Gasteiger charge is -2.37. The average Bonchev–Trinajstić information content (AvgIpc) is 3.32. The first-order valence-electron chi connectivity index (χ1n) is 14.0. The molecule has 43 heavy (non-hydrogen) atoms. The molecule has 1 aromatic heterocycles. The maximum absolute atomic E-state index is 14.5. The highest BCUT2D eigenvalue weighted by atomic mass is 35.5. The highest BCUT2D eigenvalue weighted by Crippen LogP contribution is 2.38. The van der Waals surface area contributed by atoms with E-state index in [2.05, 4.69) is 31.2 Å². The molecule has 2 saturated heterocycles. The number of fused-ring (bicyclic) bond motifs is 2. The van der Waals surface area contributed by atoms with Gasteiger partial charge >= 0.3 is 12.1 Å². The Bertz CT molecular complexity index is 1600. The molecule has 2 unspecified atom stereocenters. The summed E-state index contributed by atoms with van der Waals surface area (Å²) in [7, 11) is 0. The molecule has 2 atom stereocenters. The minimum atomic E-state index is -3.15. The van der Waals surface area contributed by atoms with E-state index in [9.17, 15) is 28.3 Å². The second kappa shape index (κ2) is 11.6. The largest absolute Gasteiger partial charge is 0.465 e. The Labute approximate surface area is 250 Å². The number of ether oxygens (including phenoxy) is 1. The Morgan fingerprint density at radius 2 is 2.07 bits per heavy atom. The van der Waals surface area contributed by atoms with Crippen LogP contribution in [0.1, 0.15) is 24.1 Å². The van der Waals surface area contributed by atoms with Crippen molar-refractivity contribution in [1.82, 2.24) is 20.2 Å². The standard InChI is InChI=1S/C29H29ClF3N7O3/c30-25-21(31)5-4-17-2-1-3-23(24(17)25)38-10-7-20-22(14-38)36-27(37-26(20)39-11-9-35-18(13-39)6-8-34)43-15-19-12-29(32,33)16-40(19)28(41)42/h1-5,18-19,35H,6-7,9-16H2,(H,41,42). The van der Waals surface area contributed by atoms with E-state index in [1.807, 2.05) is 18.2 Å². The van der Waals surface area contributed by atoms with E-state index < -0.39 is 36.8 Å². The van der Waals surface area contributed by atoms with Crippen LogP contribution in [0.25, 0.3) is 10.8 Å². The number of carbonyl (C=O) groups is 1. The molecule has 2 aromatic carbocycles. The first-order valence-corrected chi connectivity index (χ1v) is 14.4. The summed E-state index contributed by atoms with van der Waals surface area (Å²) < 4.78 is 48.4. The minimum absolute atomic E-state index is 0.0343. The van der Waals surface area contributed by atoms with Crippen LogP contribution in [0.15, 0.2) is 30.3 Å². The molecule has 1 amide bonds. The number of hydrogen-bond donors (Lipinski definition) is 2. The van der Waals surface area contributed by atoms with Gasteiger partial charge in [0, 0.05) is 55.3 Å². The number of halogens is 4. The van der Waals surface area contributed by atoms with Crippen molar-refractivity contribution in [2.75, 3.05) is 49.1 Å². The summed E-state index contributed by atoms with van der Waals surface area (Å²) in [5, 5.41) is 23.4. The Morgan fingerprint density at radius 3 is 2.86 bits per heavy atom. The molecule has 2 N–H and O–H groups in total. The first kappa shape index (κ1) is 29.1. The van der Waals surface area contributed by atoms with Crippen molar-refractivity contribution in [3.8, 4) is 12.1 Å². The van der Waals surface area contributed by atoms with Crippen LogP contribution in [0.3, 0.4) is 0 Å². The molecule has 2 fully saturated rings. The molecule has 0 saturated carbocycles. The quantitative estimate of drug-likeness (QED) is 0.415. The van der Waals surface area contributed by atoms with E-state index in [-0.39, 0.29) is 23.7 Å². The molecule has 0 radical (unpaired) electrons. The molecule has 0 aliphatic carbocycles. The molecular weight excluding hydrogens is 587 g/mol. The molecule has 226 valence electrons. The molecule has 6 rings (SSSR count). The van der Waals surface area contributed by atoms with Gasteiger partial charge in [0.2, 0.25) is 0 Å². The van der Waals surface area contributed by atoms with E-state index in [4.69, 9.17) is 16.3 Å². The number of aromatic nitrogens is 2. The average molecular weight is 616 g/mol. The lowest BCUT2D eigenvalue weighted by Crippen LogP contribution is -2.51. The predicted molar refractivity (Wildman–Crippen MR) is 154 cm³/mol. The lowest BCUT2D eigenvalue weighted by atomic mass is 10.0. The summed E-state index contributed by atoms with van der Waals surface area (Å²) in [5.74, 6) is -3.03.